The summed E-state index contributed by atoms with van der Waals surface area (Å²) in [5, 5.41) is 10.2. The van der Waals surface area contributed by atoms with Crippen molar-refractivity contribution in [3.8, 4) is 11.5 Å². The molecule has 1 saturated carbocycles. The number of carbonyl (C=O) groups is 2. The number of carbonyl (C=O) groups excluding carboxylic acids is 1. The maximum atomic E-state index is 14.0. The Morgan fingerprint density at radius 3 is 2.41 bits per heavy atom. The predicted octanol–water partition coefficient (Wildman–Crippen LogP) is 5.45. The van der Waals surface area contributed by atoms with E-state index in [9.17, 15) is 19.1 Å². The fourth-order valence-electron chi connectivity index (χ4n) is 5.40. The highest BCUT2D eigenvalue weighted by molar-refractivity contribution is 5.88. The van der Waals surface area contributed by atoms with Gasteiger partial charge in [0, 0.05) is 18.5 Å². The van der Waals surface area contributed by atoms with Crippen LogP contribution < -0.4 is 9.47 Å². The van der Waals surface area contributed by atoms with Crippen molar-refractivity contribution >= 4 is 11.9 Å². The largest absolute Gasteiger partial charge is 0.493 e. The van der Waals surface area contributed by atoms with Crippen molar-refractivity contribution in [1.82, 2.24) is 4.90 Å². The average molecular weight is 534 g/mol. The molecular weight excluding hydrogens is 501 g/mol. The third-order valence-corrected chi connectivity index (χ3v) is 7.48. The number of fused-ring (bicyclic) bond motifs is 1. The second-order valence-corrected chi connectivity index (χ2v) is 10.0. The number of nitrogens with zero attached hydrogens (tertiary/aromatic N) is 1. The highest BCUT2D eigenvalue weighted by Crippen LogP contribution is 2.40. The number of hydrogen-bond donors (Lipinski definition) is 1. The van der Waals surface area contributed by atoms with Crippen molar-refractivity contribution in [2.75, 3.05) is 7.11 Å². The van der Waals surface area contributed by atoms with Gasteiger partial charge in [0.05, 0.1) is 13.2 Å². The molecule has 7 nitrogen and oxygen atoms in total. The summed E-state index contributed by atoms with van der Waals surface area (Å²) in [5.41, 5.74) is 2.93. The number of halogens is 1. The zero-order chi connectivity index (χ0) is 27.4. The molecule has 0 radical (unpaired) electrons. The first kappa shape index (κ1) is 26.7. The summed E-state index contributed by atoms with van der Waals surface area (Å²) in [6.07, 6.45) is 3.01. The van der Waals surface area contributed by atoms with Crippen LogP contribution in [0.5, 0.6) is 11.5 Å². The lowest BCUT2D eigenvalue weighted by atomic mass is 9.91. The Balaban J connectivity index is 1.45. The molecule has 1 heterocycles. The van der Waals surface area contributed by atoms with Crippen molar-refractivity contribution in [1.29, 1.82) is 0 Å². The van der Waals surface area contributed by atoms with Crippen molar-refractivity contribution in [2.45, 2.75) is 63.5 Å². The van der Waals surface area contributed by atoms with Gasteiger partial charge in [0.25, 0.3) is 5.91 Å². The Hall–Kier alpha value is -3.91. The van der Waals surface area contributed by atoms with E-state index in [1.54, 1.807) is 18.2 Å². The van der Waals surface area contributed by atoms with Crippen LogP contribution in [-0.2, 0) is 33.9 Å². The maximum Gasteiger partial charge on any atom is 0.326 e. The molecule has 0 aromatic heterocycles. The minimum absolute atomic E-state index is 0.0322. The third kappa shape index (κ3) is 5.91. The normalized spacial score (nSPS) is 17.9. The summed E-state index contributed by atoms with van der Waals surface area (Å²) in [6, 6.07) is 17.7. The van der Waals surface area contributed by atoms with Gasteiger partial charge in [-0.2, -0.15) is 0 Å². The van der Waals surface area contributed by atoms with Gasteiger partial charge in [0.1, 0.15) is 18.5 Å². The number of benzene rings is 3. The first-order valence-corrected chi connectivity index (χ1v) is 13.2. The smallest absolute Gasteiger partial charge is 0.326 e. The lowest BCUT2D eigenvalue weighted by Gasteiger charge is -2.37. The quantitative estimate of drug-likeness (QED) is 0.394. The lowest BCUT2D eigenvalue weighted by Crippen LogP contribution is -2.50. The van der Waals surface area contributed by atoms with Gasteiger partial charge in [0.2, 0.25) is 0 Å². The molecular formula is C31H32FNO6. The maximum absolute atomic E-state index is 14.0. The number of amides is 1. The van der Waals surface area contributed by atoms with Crippen molar-refractivity contribution in [3.05, 3.63) is 94.8 Å². The summed E-state index contributed by atoms with van der Waals surface area (Å²) >= 11 is 0. The number of rotatable bonds is 9. The fraction of sp³-hybridized carbons (Fsp3) is 0.355. The first-order valence-electron chi connectivity index (χ1n) is 13.2. The van der Waals surface area contributed by atoms with Gasteiger partial charge in [-0.25, -0.2) is 9.18 Å². The van der Waals surface area contributed by atoms with E-state index in [2.05, 4.69) is 0 Å². The molecule has 0 saturated heterocycles. The van der Waals surface area contributed by atoms with Crippen LogP contribution in [0, 0.1) is 5.82 Å². The summed E-state index contributed by atoms with van der Waals surface area (Å²) in [6.45, 7) is 0.248. The van der Waals surface area contributed by atoms with Crippen molar-refractivity contribution < 1.29 is 33.3 Å². The molecule has 1 N–H and O–H groups in total. The van der Waals surface area contributed by atoms with E-state index >= 15 is 0 Å². The monoisotopic (exact) mass is 533 g/mol. The molecule has 1 aliphatic heterocycles. The number of carboxylic acid groups (broad SMARTS) is 1. The van der Waals surface area contributed by atoms with E-state index in [0.717, 1.165) is 36.8 Å². The summed E-state index contributed by atoms with van der Waals surface area (Å²) < 4.78 is 31.3. The number of methoxy groups -OCH3 is 1. The number of ether oxygens (including phenoxy) is 3. The molecule has 1 fully saturated rings. The summed E-state index contributed by atoms with van der Waals surface area (Å²) in [7, 11) is 1.52. The topological polar surface area (TPSA) is 85.3 Å². The molecule has 0 spiro atoms. The van der Waals surface area contributed by atoms with Crippen LogP contribution in [0.3, 0.4) is 0 Å². The SMILES string of the molecule is COc1ccc2c(c1OCc1ccc(F)cc1)C[C@H](C(=O)O)N(C(=O)[C@@H](OC1CCCC1)c1ccccc1)C2. The second kappa shape index (κ2) is 11.9. The molecule has 3 aromatic rings. The Morgan fingerprint density at radius 2 is 1.74 bits per heavy atom. The van der Waals surface area contributed by atoms with Gasteiger partial charge in [-0.3, -0.25) is 4.79 Å². The minimum Gasteiger partial charge on any atom is -0.493 e. The van der Waals surface area contributed by atoms with Gasteiger partial charge in [-0.15, -0.1) is 0 Å². The van der Waals surface area contributed by atoms with E-state index in [0.29, 0.717) is 22.6 Å². The lowest BCUT2D eigenvalue weighted by molar-refractivity contribution is -0.160. The van der Waals surface area contributed by atoms with Gasteiger partial charge in [-0.1, -0.05) is 61.4 Å². The number of aliphatic carboxylic acids is 1. The van der Waals surface area contributed by atoms with Gasteiger partial charge < -0.3 is 24.2 Å². The van der Waals surface area contributed by atoms with Gasteiger partial charge in [0.15, 0.2) is 17.6 Å². The Bertz CT molecular complexity index is 1310. The van der Waals surface area contributed by atoms with E-state index < -0.39 is 18.1 Å². The second-order valence-electron chi connectivity index (χ2n) is 10.0. The number of carboxylic acids is 1. The van der Waals surface area contributed by atoms with Crippen LogP contribution in [0.15, 0.2) is 66.7 Å². The van der Waals surface area contributed by atoms with Crippen molar-refractivity contribution in [2.24, 2.45) is 0 Å². The molecule has 0 unspecified atom stereocenters. The standard InChI is InChI=1S/C31H32FNO6/c1-37-27-16-13-22-18-33(30(34)28(21-7-3-2-4-8-21)39-24-9-5-6-10-24)26(31(35)36)17-25(22)29(27)38-19-20-11-14-23(32)15-12-20/h2-4,7-8,11-16,24,26,28H,5-6,9-10,17-19H2,1H3,(H,35,36)/t26-,28+/m1/s1. The molecule has 3 aromatic carbocycles. The molecule has 2 aliphatic rings. The predicted molar refractivity (Wildman–Crippen MR) is 142 cm³/mol. The van der Waals surface area contributed by atoms with E-state index in [-0.39, 0.29) is 37.4 Å². The zero-order valence-corrected chi connectivity index (χ0v) is 21.8. The molecule has 5 rings (SSSR count). The van der Waals surface area contributed by atoms with Crippen molar-refractivity contribution in [3.63, 3.8) is 0 Å². The van der Waals surface area contributed by atoms with Crippen LogP contribution in [0.2, 0.25) is 0 Å². The molecule has 2 atom stereocenters. The Kier molecular flexibility index (Phi) is 8.12. The molecule has 204 valence electrons. The van der Waals surface area contributed by atoms with Crippen LogP contribution >= 0.6 is 0 Å². The van der Waals surface area contributed by atoms with Gasteiger partial charge in [-0.05, 0) is 47.7 Å². The summed E-state index contributed by atoms with van der Waals surface area (Å²) in [4.78, 5) is 27.9. The van der Waals surface area contributed by atoms with E-state index in [1.165, 1.54) is 24.1 Å². The Morgan fingerprint density at radius 1 is 1.03 bits per heavy atom. The van der Waals surface area contributed by atoms with E-state index in [4.69, 9.17) is 14.2 Å². The van der Waals surface area contributed by atoms with Crippen LogP contribution in [-0.4, -0.2) is 41.1 Å². The van der Waals surface area contributed by atoms with Gasteiger partial charge >= 0.3 is 5.97 Å². The highest BCUT2D eigenvalue weighted by atomic mass is 19.1. The first-order chi connectivity index (χ1) is 18.9. The van der Waals surface area contributed by atoms with Crippen LogP contribution in [0.4, 0.5) is 4.39 Å². The molecule has 1 aliphatic carbocycles. The minimum atomic E-state index is -1.11. The van der Waals surface area contributed by atoms with Crippen LogP contribution in [0.25, 0.3) is 0 Å². The van der Waals surface area contributed by atoms with E-state index in [1.807, 2.05) is 36.4 Å². The molecule has 39 heavy (non-hydrogen) atoms. The highest BCUT2D eigenvalue weighted by Gasteiger charge is 2.41. The number of hydrogen-bond acceptors (Lipinski definition) is 5. The third-order valence-electron chi connectivity index (χ3n) is 7.48. The molecule has 1 amide bonds. The average Bonchev–Trinajstić information content (AvgIpc) is 3.48. The fourth-order valence-corrected chi connectivity index (χ4v) is 5.40. The molecule has 8 heteroatoms. The summed E-state index contributed by atoms with van der Waals surface area (Å²) in [5.74, 6) is -0.913. The Labute approximate surface area is 227 Å². The zero-order valence-electron chi connectivity index (χ0n) is 21.8. The molecule has 0 bridgehead atoms. The van der Waals surface area contributed by atoms with Crippen LogP contribution in [0.1, 0.15) is 54.0 Å².